The molecule has 3 aromatic rings. The first kappa shape index (κ1) is 16.0. The zero-order valence-corrected chi connectivity index (χ0v) is 13.7. The molecule has 2 aromatic heterocycles. The lowest BCUT2D eigenvalue weighted by Crippen LogP contribution is -2.39. The summed E-state index contributed by atoms with van der Waals surface area (Å²) in [5.41, 5.74) is 1.49. The fourth-order valence-corrected chi connectivity index (χ4v) is 2.72. The van der Waals surface area contributed by atoms with Crippen molar-refractivity contribution in [3.63, 3.8) is 0 Å². The molecule has 0 fully saturated rings. The van der Waals surface area contributed by atoms with Crippen LogP contribution in [0.15, 0.2) is 51.9 Å². The number of hydrogen-bond donors (Lipinski definition) is 1. The van der Waals surface area contributed by atoms with Gasteiger partial charge in [0.1, 0.15) is 18.0 Å². The van der Waals surface area contributed by atoms with Crippen LogP contribution < -0.4 is 10.9 Å². The first-order chi connectivity index (χ1) is 11.5. The summed E-state index contributed by atoms with van der Waals surface area (Å²) in [6, 6.07) is 10.9. The second-order valence-electron chi connectivity index (χ2n) is 5.83. The van der Waals surface area contributed by atoms with Crippen molar-refractivity contribution in [3.05, 3.63) is 64.5 Å². The van der Waals surface area contributed by atoms with Crippen molar-refractivity contribution in [3.8, 4) is 0 Å². The number of amides is 1. The molecular weight excluding hydrogens is 306 g/mol. The van der Waals surface area contributed by atoms with Gasteiger partial charge in [-0.25, -0.2) is 4.98 Å². The van der Waals surface area contributed by atoms with E-state index in [1.54, 1.807) is 19.3 Å². The first-order valence-corrected chi connectivity index (χ1v) is 7.82. The SMILES string of the molecule is Cc1nc2ccccc2n(CC(=O)NC(C)Cc2ccco2)c1=O. The molecule has 6 heteroatoms. The summed E-state index contributed by atoms with van der Waals surface area (Å²) >= 11 is 0. The third kappa shape index (κ3) is 3.37. The molecule has 0 spiro atoms. The summed E-state index contributed by atoms with van der Waals surface area (Å²) in [5, 5.41) is 2.90. The van der Waals surface area contributed by atoms with Gasteiger partial charge in [-0.1, -0.05) is 12.1 Å². The smallest absolute Gasteiger partial charge is 0.272 e. The molecule has 1 aromatic carbocycles. The number of nitrogens with one attached hydrogen (secondary N) is 1. The number of carbonyl (C=O) groups is 1. The quantitative estimate of drug-likeness (QED) is 0.779. The molecular formula is C18H19N3O3. The average Bonchev–Trinajstić information content (AvgIpc) is 3.04. The maximum Gasteiger partial charge on any atom is 0.272 e. The standard InChI is InChI=1S/C18H19N3O3/c1-12(10-14-6-5-9-24-14)19-17(22)11-21-16-8-4-3-7-15(16)20-13(2)18(21)23/h3-9,12H,10-11H2,1-2H3,(H,19,22). The van der Waals surface area contributed by atoms with Crippen LogP contribution in [0, 0.1) is 6.92 Å². The predicted molar refractivity (Wildman–Crippen MR) is 90.8 cm³/mol. The number of furan rings is 1. The van der Waals surface area contributed by atoms with Crippen LogP contribution in [0.25, 0.3) is 11.0 Å². The van der Waals surface area contributed by atoms with Crippen LogP contribution in [0.2, 0.25) is 0 Å². The molecule has 1 atom stereocenters. The van der Waals surface area contributed by atoms with Crippen LogP contribution in [-0.4, -0.2) is 21.5 Å². The van der Waals surface area contributed by atoms with Crippen molar-refractivity contribution >= 4 is 16.9 Å². The number of aryl methyl sites for hydroxylation is 1. The molecule has 0 bridgehead atoms. The Bertz CT molecular complexity index is 913. The molecule has 3 rings (SSSR count). The summed E-state index contributed by atoms with van der Waals surface area (Å²) in [6.45, 7) is 3.52. The van der Waals surface area contributed by atoms with Crippen molar-refractivity contribution in [1.82, 2.24) is 14.9 Å². The highest BCUT2D eigenvalue weighted by Crippen LogP contribution is 2.10. The van der Waals surface area contributed by atoms with E-state index in [2.05, 4.69) is 10.3 Å². The number of rotatable bonds is 5. The molecule has 0 saturated heterocycles. The lowest BCUT2D eigenvalue weighted by atomic mass is 10.2. The normalized spacial score (nSPS) is 12.2. The number of carbonyl (C=O) groups excluding carboxylic acids is 1. The van der Waals surface area contributed by atoms with Crippen molar-refractivity contribution in [2.24, 2.45) is 0 Å². The van der Waals surface area contributed by atoms with E-state index >= 15 is 0 Å². The third-order valence-electron chi connectivity index (χ3n) is 3.81. The molecule has 1 amide bonds. The van der Waals surface area contributed by atoms with Crippen LogP contribution in [0.1, 0.15) is 18.4 Å². The zero-order chi connectivity index (χ0) is 17.1. The molecule has 1 N–H and O–H groups in total. The topological polar surface area (TPSA) is 77.1 Å². The Morgan fingerprint density at radius 1 is 1.29 bits per heavy atom. The van der Waals surface area contributed by atoms with Gasteiger partial charge < -0.3 is 9.73 Å². The second kappa shape index (κ2) is 6.70. The Hall–Kier alpha value is -2.89. The molecule has 24 heavy (non-hydrogen) atoms. The molecule has 0 aliphatic carbocycles. The number of fused-ring (bicyclic) bond motifs is 1. The Balaban J connectivity index is 1.78. The first-order valence-electron chi connectivity index (χ1n) is 7.82. The fourth-order valence-electron chi connectivity index (χ4n) is 2.72. The van der Waals surface area contributed by atoms with Gasteiger partial charge >= 0.3 is 0 Å². The van der Waals surface area contributed by atoms with E-state index in [0.29, 0.717) is 23.1 Å². The van der Waals surface area contributed by atoms with E-state index in [1.165, 1.54) is 4.57 Å². The second-order valence-corrected chi connectivity index (χ2v) is 5.83. The molecule has 2 heterocycles. The van der Waals surface area contributed by atoms with Crippen LogP contribution in [-0.2, 0) is 17.8 Å². The minimum Gasteiger partial charge on any atom is -0.469 e. The molecule has 0 radical (unpaired) electrons. The molecule has 0 aliphatic rings. The van der Waals surface area contributed by atoms with Gasteiger partial charge in [0.15, 0.2) is 0 Å². The molecule has 124 valence electrons. The Morgan fingerprint density at radius 3 is 2.83 bits per heavy atom. The maximum atomic E-state index is 12.4. The van der Waals surface area contributed by atoms with Gasteiger partial charge in [0.2, 0.25) is 5.91 Å². The lowest BCUT2D eigenvalue weighted by molar-refractivity contribution is -0.122. The Labute approximate surface area is 139 Å². The molecule has 0 saturated carbocycles. The highest BCUT2D eigenvalue weighted by atomic mass is 16.3. The van der Waals surface area contributed by atoms with E-state index in [-0.39, 0.29) is 24.1 Å². The number of aromatic nitrogens is 2. The minimum absolute atomic E-state index is 0.0365. The van der Waals surface area contributed by atoms with Crippen LogP contribution in [0.4, 0.5) is 0 Å². The van der Waals surface area contributed by atoms with Crippen molar-refractivity contribution < 1.29 is 9.21 Å². The van der Waals surface area contributed by atoms with E-state index < -0.39 is 0 Å². The van der Waals surface area contributed by atoms with Crippen molar-refractivity contribution in [1.29, 1.82) is 0 Å². The summed E-state index contributed by atoms with van der Waals surface area (Å²) in [7, 11) is 0. The van der Waals surface area contributed by atoms with Gasteiger partial charge in [-0.05, 0) is 38.1 Å². The summed E-state index contributed by atoms with van der Waals surface area (Å²) in [5.74, 6) is 0.595. The highest BCUT2D eigenvalue weighted by Gasteiger charge is 2.14. The van der Waals surface area contributed by atoms with E-state index in [9.17, 15) is 9.59 Å². The predicted octanol–water partition coefficient (Wildman–Crippen LogP) is 2.05. The molecule has 6 nitrogen and oxygen atoms in total. The van der Waals surface area contributed by atoms with Gasteiger partial charge in [-0.2, -0.15) is 0 Å². The van der Waals surface area contributed by atoms with E-state index in [1.807, 2.05) is 37.3 Å². The molecule has 0 aliphatic heterocycles. The van der Waals surface area contributed by atoms with E-state index in [0.717, 1.165) is 5.76 Å². The number of nitrogens with zero attached hydrogens (tertiary/aromatic N) is 2. The Morgan fingerprint density at radius 2 is 2.08 bits per heavy atom. The van der Waals surface area contributed by atoms with Gasteiger partial charge in [0, 0.05) is 12.5 Å². The van der Waals surface area contributed by atoms with Crippen LogP contribution in [0.3, 0.4) is 0 Å². The largest absolute Gasteiger partial charge is 0.469 e. The average molecular weight is 325 g/mol. The van der Waals surface area contributed by atoms with Gasteiger partial charge in [0.25, 0.3) is 5.56 Å². The fraction of sp³-hybridized carbons (Fsp3) is 0.278. The van der Waals surface area contributed by atoms with Crippen molar-refractivity contribution in [2.75, 3.05) is 0 Å². The van der Waals surface area contributed by atoms with Crippen LogP contribution >= 0.6 is 0 Å². The van der Waals surface area contributed by atoms with Gasteiger partial charge in [0.05, 0.1) is 17.3 Å². The summed E-state index contributed by atoms with van der Waals surface area (Å²) in [4.78, 5) is 29.0. The zero-order valence-electron chi connectivity index (χ0n) is 13.7. The minimum atomic E-state index is -0.248. The molecule has 1 unspecified atom stereocenters. The Kier molecular flexibility index (Phi) is 4.46. The summed E-state index contributed by atoms with van der Waals surface area (Å²) < 4.78 is 6.75. The number of benzene rings is 1. The third-order valence-corrected chi connectivity index (χ3v) is 3.81. The maximum absolute atomic E-state index is 12.4. The van der Waals surface area contributed by atoms with E-state index in [4.69, 9.17) is 4.42 Å². The summed E-state index contributed by atoms with van der Waals surface area (Å²) in [6.07, 6.45) is 2.21. The monoisotopic (exact) mass is 325 g/mol. The number of hydrogen-bond acceptors (Lipinski definition) is 4. The van der Waals surface area contributed by atoms with Gasteiger partial charge in [-0.15, -0.1) is 0 Å². The van der Waals surface area contributed by atoms with Crippen molar-refractivity contribution in [2.45, 2.75) is 32.9 Å². The highest BCUT2D eigenvalue weighted by molar-refractivity contribution is 5.80. The number of para-hydroxylation sites is 2. The van der Waals surface area contributed by atoms with Gasteiger partial charge in [-0.3, -0.25) is 14.2 Å². The lowest BCUT2D eigenvalue weighted by Gasteiger charge is -2.15. The van der Waals surface area contributed by atoms with Crippen LogP contribution in [0.5, 0.6) is 0 Å².